The molecule has 1 unspecified atom stereocenters. The van der Waals surface area contributed by atoms with Crippen LogP contribution in [-0.4, -0.2) is 40.3 Å². The molecule has 2 heterocycles. The molecule has 1 atom stereocenters. The van der Waals surface area contributed by atoms with Crippen LogP contribution in [0, 0.1) is 6.92 Å². The van der Waals surface area contributed by atoms with Crippen molar-refractivity contribution in [1.29, 1.82) is 0 Å². The molecule has 1 aliphatic rings. The topological polar surface area (TPSA) is 103 Å². The zero-order chi connectivity index (χ0) is 19.2. The van der Waals surface area contributed by atoms with Gasteiger partial charge in [0.2, 0.25) is 5.91 Å². The molecule has 0 bridgehead atoms. The SMILES string of the molecule is Cc1ccccc1C(=O)NNC(=O)N1CCCC1C(=O)Nc1cccnc1. The van der Waals surface area contributed by atoms with Gasteiger partial charge in [-0.25, -0.2) is 10.2 Å². The number of hydrazine groups is 1. The first-order valence-corrected chi connectivity index (χ1v) is 8.70. The van der Waals surface area contributed by atoms with Crippen molar-refractivity contribution in [2.45, 2.75) is 25.8 Å². The minimum atomic E-state index is -0.597. The highest BCUT2D eigenvalue weighted by molar-refractivity contribution is 5.98. The third-order valence-electron chi connectivity index (χ3n) is 4.42. The number of hydrogen-bond acceptors (Lipinski definition) is 4. The third-order valence-corrected chi connectivity index (χ3v) is 4.42. The van der Waals surface area contributed by atoms with Crippen LogP contribution in [0.4, 0.5) is 10.5 Å². The molecule has 1 aliphatic heterocycles. The maximum absolute atomic E-state index is 12.5. The number of nitrogens with one attached hydrogen (secondary N) is 3. The number of pyridine rings is 1. The summed E-state index contributed by atoms with van der Waals surface area (Å²) in [5.41, 5.74) is 6.65. The van der Waals surface area contributed by atoms with E-state index < -0.39 is 18.0 Å². The van der Waals surface area contributed by atoms with E-state index in [1.165, 1.54) is 4.90 Å². The van der Waals surface area contributed by atoms with Gasteiger partial charge in [0.05, 0.1) is 11.9 Å². The summed E-state index contributed by atoms with van der Waals surface area (Å²) in [6, 6.07) is 9.42. The summed E-state index contributed by atoms with van der Waals surface area (Å²) < 4.78 is 0. The summed E-state index contributed by atoms with van der Waals surface area (Å²) >= 11 is 0. The Morgan fingerprint density at radius 2 is 1.93 bits per heavy atom. The van der Waals surface area contributed by atoms with Crippen LogP contribution >= 0.6 is 0 Å². The fourth-order valence-electron chi connectivity index (χ4n) is 3.02. The van der Waals surface area contributed by atoms with Crippen LogP contribution < -0.4 is 16.2 Å². The molecule has 4 amide bonds. The van der Waals surface area contributed by atoms with Crippen molar-refractivity contribution in [2.75, 3.05) is 11.9 Å². The van der Waals surface area contributed by atoms with Gasteiger partial charge in [-0.05, 0) is 43.5 Å². The van der Waals surface area contributed by atoms with E-state index in [1.807, 2.05) is 19.1 Å². The van der Waals surface area contributed by atoms with Gasteiger partial charge in [-0.3, -0.25) is 20.0 Å². The minimum Gasteiger partial charge on any atom is -0.323 e. The lowest BCUT2D eigenvalue weighted by Crippen LogP contribution is -2.52. The smallest absolute Gasteiger partial charge is 0.323 e. The first-order chi connectivity index (χ1) is 13.1. The van der Waals surface area contributed by atoms with Gasteiger partial charge in [-0.1, -0.05) is 18.2 Å². The fourth-order valence-corrected chi connectivity index (χ4v) is 3.02. The van der Waals surface area contributed by atoms with E-state index in [0.717, 1.165) is 5.56 Å². The number of benzene rings is 1. The maximum atomic E-state index is 12.5. The average molecular weight is 367 g/mol. The van der Waals surface area contributed by atoms with Crippen LogP contribution in [0.25, 0.3) is 0 Å². The van der Waals surface area contributed by atoms with Crippen molar-refractivity contribution in [2.24, 2.45) is 0 Å². The first kappa shape index (κ1) is 18.4. The van der Waals surface area contributed by atoms with Crippen LogP contribution in [-0.2, 0) is 4.79 Å². The number of amides is 4. The summed E-state index contributed by atoms with van der Waals surface area (Å²) in [5.74, 6) is -0.683. The molecule has 0 radical (unpaired) electrons. The Labute approximate surface area is 156 Å². The second-order valence-electron chi connectivity index (χ2n) is 6.28. The van der Waals surface area contributed by atoms with Crippen molar-refractivity contribution in [3.8, 4) is 0 Å². The number of urea groups is 1. The monoisotopic (exact) mass is 367 g/mol. The van der Waals surface area contributed by atoms with E-state index in [0.29, 0.717) is 30.6 Å². The zero-order valence-corrected chi connectivity index (χ0v) is 14.9. The molecule has 1 aromatic heterocycles. The van der Waals surface area contributed by atoms with Gasteiger partial charge >= 0.3 is 6.03 Å². The molecule has 0 aliphatic carbocycles. The molecule has 8 nitrogen and oxygen atoms in total. The van der Waals surface area contributed by atoms with Crippen molar-refractivity contribution in [1.82, 2.24) is 20.7 Å². The number of carbonyl (C=O) groups is 3. The van der Waals surface area contributed by atoms with Crippen LogP contribution in [0.3, 0.4) is 0 Å². The number of nitrogens with zero attached hydrogens (tertiary/aromatic N) is 2. The molecule has 8 heteroatoms. The average Bonchev–Trinajstić information content (AvgIpc) is 3.17. The molecule has 1 aromatic carbocycles. The molecule has 27 heavy (non-hydrogen) atoms. The molecule has 2 aromatic rings. The number of aromatic nitrogens is 1. The van der Waals surface area contributed by atoms with Gasteiger partial charge in [0.1, 0.15) is 6.04 Å². The quantitative estimate of drug-likeness (QED) is 0.720. The normalized spacial score (nSPS) is 15.9. The Bertz CT molecular complexity index is 840. The number of likely N-dealkylation sites (tertiary alicyclic amines) is 1. The van der Waals surface area contributed by atoms with Crippen molar-refractivity contribution in [3.63, 3.8) is 0 Å². The minimum absolute atomic E-state index is 0.277. The Kier molecular flexibility index (Phi) is 5.65. The predicted octanol–water partition coefficient (Wildman–Crippen LogP) is 1.85. The number of carbonyl (C=O) groups excluding carboxylic acids is 3. The van der Waals surface area contributed by atoms with Gasteiger partial charge in [0.25, 0.3) is 5.91 Å². The molecule has 3 N–H and O–H groups in total. The summed E-state index contributed by atoms with van der Waals surface area (Å²) in [7, 11) is 0. The molecule has 1 fully saturated rings. The van der Waals surface area contributed by atoms with Gasteiger partial charge in [0, 0.05) is 18.3 Å². The largest absolute Gasteiger partial charge is 0.336 e. The summed E-state index contributed by atoms with van der Waals surface area (Å²) in [6.07, 6.45) is 4.43. The second kappa shape index (κ2) is 8.31. The van der Waals surface area contributed by atoms with E-state index >= 15 is 0 Å². The molecule has 140 valence electrons. The molecular formula is C19H21N5O3. The van der Waals surface area contributed by atoms with E-state index in [4.69, 9.17) is 0 Å². The number of hydrogen-bond donors (Lipinski definition) is 3. The number of rotatable bonds is 3. The Morgan fingerprint density at radius 3 is 2.67 bits per heavy atom. The molecular weight excluding hydrogens is 346 g/mol. The summed E-state index contributed by atoms with van der Waals surface area (Å²) in [4.78, 5) is 42.5. The fraction of sp³-hybridized carbons (Fsp3) is 0.263. The highest BCUT2D eigenvalue weighted by Gasteiger charge is 2.34. The lowest BCUT2D eigenvalue weighted by Gasteiger charge is -2.24. The standard InChI is InChI=1S/C19H21N5O3/c1-13-6-2-3-8-15(13)17(25)22-23-19(27)24-11-5-9-16(24)18(26)21-14-7-4-10-20-12-14/h2-4,6-8,10,12,16H,5,9,11H2,1H3,(H,21,26)(H,22,25)(H,23,27). The lowest BCUT2D eigenvalue weighted by molar-refractivity contribution is -0.119. The Balaban J connectivity index is 1.58. The molecule has 0 spiro atoms. The van der Waals surface area contributed by atoms with Crippen LogP contribution in [0.5, 0.6) is 0 Å². The molecule has 3 rings (SSSR count). The van der Waals surface area contributed by atoms with Crippen LogP contribution in [0.15, 0.2) is 48.8 Å². The summed E-state index contributed by atoms with van der Waals surface area (Å²) in [6.45, 7) is 2.26. The van der Waals surface area contributed by atoms with E-state index in [-0.39, 0.29) is 5.91 Å². The van der Waals surface area contributed by atoms with E-state index in [1.54, 1.807) is 36.7 Å². The Morgan fingerprint density at radius 1 is 1.11 bits per heavy atom. The molecule has 1 saturated heterocycles. The third kappa shape index (κ3) is 4.41. The van der Waals surface area contributed by atoms with Gasteiger partial charge in [-0.15, -0.1) is 0 Å². The van der Waals surface area contributed by atoms with Gasteiger partial charge < -0.3 is 10.2 Å². The van der Waals surface area contributed by atoms with E-state index in [9.17, 15) is 14.4 Å². The predicted molar refractivity (Wildman–Crippen MR) is 99.8 cm³/mol. The van der Waals surface area contributed by atoms with Crippen LogP contribution in [0.1, 0.15) is 28.8 Å². The summed E-state index contributed by atoms with van der Waals surface area (Å²) in [5, 5.41) is 2.76. The highest BCUT2D eigenvalue weighted by Crippen LogP contribution is 2.19. The number of aryl methyl sites for hydroxylation is 1. The van der Waals surface area contributed by atoms with Crippen molar-refractivity contribution >= 4 is 23.5 Å². The first-order valence-electron chi connectivity index (χ1n) is 8.70. The van der Waals surface area contributed by atoms with Crippen molar-refractivity contribution in [3.05, 3.63) is 59.9 Å². The number of anilines is 1. The van der Waals surface area contributed by atoms with Crippen LogP contribution in [0.2, 0.25) is 0 Å². The molecule has 0 saturated carbocycles. The zero-order valence-electron chi connectivity index (χ0n) is 14.9. The van der Waals surface area contributed by atoms with E-state index in [2.05, 4.69) is 21.2 Å². The van der Waals surface area contributed by atoms with Gasteiger partial charge in [0.15, 0.2) is 0 Å². The van der Waals surface area contributed by atoms with Gasteiger partial charge in [-0.2, -0.15) is 0 Å². The Hall–Kier alpha value is -3.42. The highest BCUT2D eigenvalue weighted by atomic mass is 16.2. The van der Waals surface area contributed by atoms with Crippen molar-refractivity contribution < 1.29 is 14.4 Å². The lowest BCUT2D eigenvalue weighted by atomic mass is 10.1. The second-order valence-corrected chi connectivity index (χ2v) is 6.28. The maximum Gasteiger partial charge on any atom is 0.336 e.